The SMILES string of the molecule is CC(Cc1cc(C(C)(C)C)cc2ccccc12)c1cccc2ccccc12. The Morgan fingerprint density at radius 1 is 0.704 bits per heavy atom. The standard InChI is InChI=1S/C27H28/c1-19(24-15-9-12-20-10-5-8-14-26(20)24)16-22-18-23(27(2,3)4)17-21-11-6-7-13-25(21)22/h5-15,17-19H,16H2,1-4H3. The maximum Gasteiger partial charge on any atom is -0.0132 e. The van der Waals surface area contributed by atoms with Crippen molar-refractivity contribution in [1.82, 2.24) is 0 Å². The first-order valence-electron chi connectivity index (χ1n) is 9.93. The summed E-state index contributed by atoms with van der Waals surface area (Å²) in [6.07, 6.45) is 1.05. The minimum Gasteiger partial charge on any atom is -0.0616 e. The van der Waals surface area contributed by atoms with Gasteiger partial charge in [0.25, 0.3) is 0 Å². The zero-order valence-electron chi connectivity index (χ0n) is 16.8. The highest BCUT2D eigenvalue weighted by atomic mass is 14.2. The van der Waals surface area contributed by atoms with Crippen molar-refractivity contribution in [3.8, 4) is 0 Å². The monoisotopic (exact) mass is 352 g/mol. The van der Waals surface area contributed by atoms with E-state index < -0.39 is 0 Å². The fraction of sp³-hybridized carbons (Fsp3) is 0.259. The lowest BCUT2D eigenvalue weighted by Crippen LogP contribution is -2.12. The molecule has 0 saturated heterocycles. The summed E-state index contributed by atoms with van der Waals surface area (Å²) in [6.45, 7) is 9.26. The smallest absolute Gasteiger partial charge is 0.0132 e. The molecule has 0 aliphatic carbocycles. The van der Waals surface area contributed by atoms with E-state index in [2.05, 4.69) is 107 Å². The molecule has 0 amide bonds. The number of fused-ring (bicyclic) bond motifs is 2. The molecule has 0 spiro atoms. The Balaban J connectivity index is 1.80. The molecule has 0 saturated carbocycles. The van der Waals surface area contributed by atoms with Gasteiger partial charge >= 0.3 is 0 Å². The molecule has 0 N–H and O–H groups in total. The summed E-state index contributed by atoms with van der Waals surface area (Å²) in [6, 6.07) is 29.0. The Labute approximate surface area is 162 Å². The molecule has 4 aromatic rings. The first kappa shape index (κ1) is 17.8. The highest BCUT2D eigenvalue weighted by Crippen LogP contribution is 2.33. The van der Waals surface area contributed by atoms with Crippen molar-refractivity contribution in [2.75, 3.05) is 0 Å². The van der Waals surface area contributed by atoms with Crippen LogP contribution in [0, 0.1) is 0 Å². The molecule has 0 aliphatic rings. The Morgan fingerprint density at radius 3 is 2.07 bits per heavy atom. The van der Waals surface area contributed by atoms with Crippen LogP contribution in [0.4, 0.5) is 0 Å². The van der Waals surface area contributed by atoms with Gasteiger partial charge in [0.2, 0.25) is 0 Å². The van der Waals surface area contributed by atoms with Gasteiger partial charge in [0.15, 0.2) is 0 Å². The topological polar surface area (TPSA) is 0 Å². The molecule has 4 rings (SSSR count). The van der Waals surface area contributed by atoms with Crippen LogP contribution >= 0.6 is 0 Å². The lowest BCUT2D eigenvalue weighted by molar-refractivity contribution is 0.589. The summed E-state index contributed by atoms with van der Waals surface area (Å²) < 4.78 is 0. The second-order valence-electron chi connectivity index (χ2n) is 8.78. The summed E-state index contributed by atoms with van der Waals surface area (Å²) in [5.74, 6) is 0.467. The van der Waals surface area contributed by atoms with E-state index in [1.807, 2.05) is 0 Å². The summed E-state index contributed by atoms with van der Waals surface area (Å²) in [5, 5.41) is 5.45. The van der Waals surface area contributed by atoms with Crippen LogP contribution in [0.15, 0.2) is 78.9 Å². The van der Waals surface area contributed by atoms with Crippen LogP contribution in [0.2, 0.25) is 0 Å². The van der Waals surface area contributed by atoms with Crippen LogP contribution in [0.1, 0.15) is 50.3 Å². The molecule has 0 nitrogen and oxygen atoms in total. The highest BCUT2D eigenvalue weighted by molar-refractivity contribution is 5.88. The van der Waals surface area contributed by atoms with Gasteiger partial charge in [0.1, 0.15) is 0 Å². The van der Waals surface area contributed by atoms with E-state index >= 15 is 0 Å². The molecule has 0 bridgehead atoms. The van der Waals surface area contributed by atoms with E-state index in [4.69, 9.17) is 0 Å². The van der Waals surface area contributed by atoms with Crippen molar-refractivity contribution in [2.45, 2.75) is 45.4 Å². The summed E-state index contributed by atoms with van der Waals surface area (Å²) in [7, 11) is 0. The molecule has 0 heterocycles. The quantitative estimate of drug-likeness (QED) is 0.355. The number of hydrogen-bond acceptors (Lipinski definition) is 0. The van der Waals surface area contributed by atoms with Gasteiger partial charge < -0.3 is 0 Å². The largest absolute Gasteiger partial charge is 0.0616 e. The molecule has 0 aromatic heterocycles. The van der Waals surface area contributed by atoms with Crippen LogP contribution in [-0.4, -0.2) is 0 Å². The Hall–Kier alpha value is -2.60. The molecule has 1 atom stereocenters. The second-order valence-corrected chi connectivity index (χ2v) is 8.78. The molecule has 0 aliphatic heterocycles. The lowest BCUT2D eigenvalue weighted by Gasteiger charge is -2.23. The van der Waals surface area contributed by atoms with Crippen LogP contribution in [0.25, 0.3) is 21.5 Å². The third kappa shape index (κ3) is 3.49. The molecule has 136 valence electrons. The third-order valence-corrected chi connectivity index (χ3v) is 5.69. The van der Waals surface area contributed by atoms with Gasteiger partial charge in [-0.1, -0.05) is 107 Å². The Bertz CT molecular complexity index is 1090. The first-order valence-corrected chi connectivity index (χ1v) is 9.93. The van der Waals surface area contributed by atoms with Crippen LogP contribution < -0.4 is 0 Å². The molecular weight excluding hydrogens is 324 g/mol. The normalized spacial score (nSPS) is 13.2. The average Bonchev–Trinajstić information content (AvgIpc) is 2.66. The van der Waals surface area contributed by atoms with Gasteiger partial charge in [0, 0.05) is 0 Å². The van der Waals surface area contributed by atoms with E-state index in [0.29, 0.717) is 5.92 Å². The van der Waals surface area contributed by atoms with E-state index in [-0.39, 0.29) is 5.41 Å². The Kier molecular flexibility index (Phi) is 4.52. The fourth-order valence-electron chi connectivity index (χ4n) is 4.11. The fourth-order valence-corrected chi connectivity index (χ4v) is 4.11. The number of benzene rings is 4. The van der Waals surface area contributed by atoms with Crippen molar-refractivity contribution in [1.29, 1.82) is 0 Å². The minimum atomic E-state index is 0.154. The molecular formula is C27H28. The first-order chi connectivity index (χ1) is 12.9. The van der Waals surface area contributed by atoms with Gasteiger partial charge in [-0.2, -0.15) is 0 Å². The van der Waals surface area contributed by atoms with E-state index in [1.54, 1.807) is 0 Å². The van der Waals surface area contributed by atoms with Crippen LogP contribution in [0.5, 0.6) is 0 Å². The zero-order chi connectivity index (χ0) is 19.0. The van der Waals surface area contributed by atoms with E-state index in [1.165, 1.54) is 38.2 Å². The van der Waals surface area contributed by atoms with Crippen molar-refractivity contribution in [3.63, 3.8) is 0 Å². The predicted octanol–water partition coefficient (Wildman–Crippen LogP) is 7.64. The lowest BCUT2D eigenvalue weighted by atomic mass is 9.82. The van der Waals surface area contributed by atoms with Gasteiger partial charge in [-0.25, -0.2) is 0 Å². The predicted molar refractivity (Wildman–Crippen MR) is 119 cm³/mol. The number of rotatable bonds is 3. The van der Waals surface area contributed by atoms with Crippen molar-refractivity contribution in [3.05, 3.63) is 95.6 Å². The summed E-state index contributed by atoms with van der Waals surface area (Å²) in [4.78, 5) is 0. The molecule has 0 heteroatoms. The average molecular weight is 353 g/mol. The van der Waals surface area contributed by atoms with Gasteiger partial charge in [0.05, 0.1) is 0 Å². The number of hydrogen-bond donors (Lipinski definition) is 0. The summed E-state index contributed by atoms with van der Waals surface area (Å²) in [5.41, 5.74) is 4.47. The van der Waals surface area contributed by atoms with Crippen LogP contribution in [-0.2, 0) is 11.8 Å². The molecule has 0 radical (unpaired) electrons. The van der Waals surface area contributed by atoms with Gasteiger partial charge in [-0.05, 0) is 56.0 Å². The molecule has 1 unspecified atom stereocenters. The Morgan fingerprint density at radius 2 is 1.33 bits per heavy atom. The minimum absolute atomic E-state index is 0.154. The third-order valence-electron chi connectivity index (χ3n) is 5.69. The molecule has 0 fully saturated rings. The highest BCUT2D eigenvalue weighted by Gasteiger charge is 2.18. The molecule has 4 aromatic carbocycles. The van der Waals surface area contributed by atoms with Crippen LogP contribution in [0.3, 0.4) is 0 Å². The molecule has 27 heavy (non-hydrogen) atoms. The van der Waals surface area contributed by atoms with Gasteiger partial charge in [-0.15, -0.1) is 0 Å². The van der Waals surface area contributed by atoms with Crippen molar-refractivity contribution in [2.24, 2.45) is 0 Å². The van der Waals surface area contributed by atoms with E-state index in [0.717, 1.165) is 6.42 Å². The summed E-state index contributed by atoms with van der Waals surface area (Å²) >= 11 is 0. The van der Waals surface area contributed by atoms with Crippen molar-refractivity contribution < 1.29 is 0 Å². The van der Waals surface area contributed by atoms with E-state index in [9.17, 15) is 0 Å². The maximum absolute atomic E-state index is 2.43. The van der Waals surface area contributed by atoms with Crippen molar-refractivity contribution >= 4 is 21.5 Å². The second kappa shape index (κ2) is 6.85. The maximum atomic E-state index is 2.43. The van der Waals surface area contributed by atoms with Gasteiger partial charge in [-0.3, -0.25) is 0 Å². The zero-order valence-corrected chi connectivity index (χ0v) is 16.8.